The van der Waals surface area contributed by atoms with Crippen LogP contribution in [0.1, 0.15) is 12.0 Å². The van der Waals surface area contributed by atoms with E-state index >= 15 is 0 Å². The van der Waals surface area contributed by atoms with Gasteiger partial charge in [-0.1, -0.05) is 30.3 Å². The zero-order chi connectivity index (χ0) is 14.1. The highest BCUT2D eigenvalue weighted by Gasteiger charge is 2.27. The summed E-state index contributed by atoms with van der Waals surface area (Å²) in [5.74, 6) is -0.195. The molecule has 0 aliphatic rings. The number of ether oxygens (including phenoxy) is 1. The van der Waals surface area contributed by atoms with E-state index < -0.39 is 12.8 Å². The summed E-state index contributed by atoms with van der Waals surface area (Å²) in [6.07, 6.45) is -3.41. The van der Waals surface area contributed by atoms with Crippen molar-refractivity contribution in [3.05, 3.63) is 35.9 Å². The SMILES string of the molecule is O=C(CCc1ccccc1)NCCOCC(F)(F)F. The van der Waals surface area contributed by atoms with E-state index in [0.29, 0.717) is 12.8 Å². The molecule has 19 heavy (non-hydrogen) atoms. The number of aryl methyl sites for hydroxylation is 1. The first-order chi connectivity index (χ1) is 8.97. The lowest BCUT2D eigenvalue weighted by atomic mass is 10.1. The van der Waals surface area contributed by atoms with E-state index in [9.17, 15) is 18.0 Å². The Labute approximate surface area is 109 Å². The molecule has 0 fully saturated rings. The number of rotatable bonds is 7. The van der Waals surface area contributed by atoms with Gasteiger partial charge in [-0.15, -0.1) is 0 Å². The van der Waals surface area contributed by atoms with Gasteiger partial charge >= 0.3 is 6.18 Å². The fraction of sp³-hybridized carbons (Fsp3) is 0.462. The maximum Gasteiger partial charge on any atom is 0.411 e. The van der Waals surface area contributed by atoms with Gasteiger partial charge in [-0.05, 0) is 12.0 Å². The minimum atomic E-state index is -4.32. The van der Waals surface area contributed by atoms with Crippen molar-refractivity contribution in [1.82, 2.24) is 5.32 Å². The van der Waals surface area contributed by atoms with E-state index in [-0.39, 0.29) is 19.1 Å². The van der Waals surface area contributed by atoms with Crippen molar-refractivity contribution in [3.8, 4) is 0 Å². The van der Waals surface area contributed by atoms with Crippen LogP contribution in [0.3, 0.4) is 0 Å². The number of halogens is 3. The maximum atomic E-state index is 11.7. The first-order valence-electron chi connectivity index (χ1n) is 5.92. The highest BCUT2D eigenvalue weighted by atomic mass is 19.4. The second kappa shape index (κ2) is 7.78. The number of nitrogens with one attached hydrogen (secondary N) is 1. The molecule has 0 aromatic heterocycles. The Morgan fingerprint density at radius 1 is 1.21 bits per heavy atom. The summed E-state index contributed by atoms with van der Waals surface area (Å²) in [6.45, 7) is -1.34. The Balaban J connectivity index is 2.06. The third kappa shape index (κ3) is 8.20. The number of carbonyl (C=O) groups excluding carboxylic acids is 1. The van der Waals surface area contributed by atoms with Crippen LogP contribution in [-0.4, -0.2) is 31.8 Å². The van der Waals surface area contributed by atoms with Gasteiger partial charge in [-0.2, -0.15) is 13.2 Å². The Bertz CT molecular complexity index is 379. The van der Waals surface area contributed by atoms with Crippen LogP contribution >= 0.6 is 0 Å². The molecule has 0 bridgehead atoms. The van der Waals surface area contributed by atoms with Crippen molar-refractivity contribution in [1.29, 1.82) is 0 Å². The molecule has 0 heterocycles. The Morgan fingerprint density at radius 3 is 2.53 bits per heavy atom. The van der Waals surface area contributed by atoms with Crippen LogP contribution in [0.2, 0.25) is 0 Å². The predicted octanol–water partition coefficient (Wildman–Crippen LogP) is 2.31. The number of carbonyl (C=O) groups is 1. The zero-order valence-corrected chi connectivity index (χ0v) is 10.4. The second-order valence-corrected chi connectivity index (χ2v) is 4.00. The lowest BCUT2D eigenvalue weighted by molar-refractivity contribution is -0.173. The standard InChI is InChI=1S/C13H16F3NO2/c14-13(15,16)10-19-9-8-17-12(18)7-6-11-4-2-1-3-5-11/h1-5H,6-10H2,(H,17,18). The smallest absolute Gasteiger partial charge is 0.370 e. The minimum Gasteiger partial charge on any atom is -0.370 e. The molecular weight excluding hydrogens is 259 g/mol. The van der Waals surface area contributed by atoms with Crippen molar-refractivity contribution >= 4 is 5.91 Å². The largest absolute Gasteiger partial charge is 0.411 e. The molecule has 1 rings (SSSR count). The van der Waals surface area contributed by atoms with E-state index in [2.05, 4.69) is 10.1 Å². The molecule has 6 heteroatoms. The van der Waals surface area contributed by atoms with Gasteiger partial charge in [-0.25, -0.2) is 0 Å². The summed E-state index contributed by atoms with van der Waals surface area (Å²) in [5.41, 5.74) is 1.05. The molecule has 3 nitrogen and oxygen atoms in total. The molecule has 106 valence electrons. The fourth-order valence-corrected chi connectivity index (χ4v) is 1.44. The van der Waals surface area contributed by atoms with Gasteiger partial charge in [0.2, 0.25) is 5.91 Å². The summed E-state index contributed by atoms with van der Waals surface area (Å²) in [6, 6.07) is 9.50. The van der Waals surface area contributed by atoms with E-state index in [1.54, 1.807) is 0 Å². The van der Waals surface area contributed by atoms with Gasteiger partial charge in [0.05, 0.1) is 6.61 Å². The molecule has 0 aliphatic heterocycles. The summed E-state index contributed by atoms with van der Waals surface area (Å²) in [7, 11) is 0. The first-order valence-corrected chi connectivity index (χ1v) is 5.92. The molecule has 1 amide bonds. The van der Waals surface area contributed by atoms with Crippen LogP contribution < -0.4 is 5.32 Å². The van der Waals surface area contributed by atoms with Crippen LogP contribution in [0, 0.1) is 0 Å². The predicted molar refractivity (Wildman–Crippen MR) is 64.6 cm³/mol. The van der Waals surface area contributed by atoms with E-state index in [4.69, 9.17) is 0 Å². The van der Waals surface area contributed by atoms with Crippen LogP contribution in [0.15, 0.2) is 30.3 Å². The van der Waals surface area contributed by atoms with Crippen molar-refractivity contribution in [2.75, 3.05) is 19.8 Å². The molecule has 1 N–H and O–H groups in total. The summed E-state index contributed by atoms with van der Waals surface area (Å²) in [5, 5.41) is 2.51. The number of amides is 1. The van der Waals surface area contributed by atoms with Crippen molar-refractivity contribution in [3.63, 3.8) is 0 Å². The van der Waals surface area contributed by atoms with E-state index in [0.717, 1.165) is 5.56 Å². The van der Waals surface area contributed by atoms with Crippen LogP contribution in [0.25, 0.3) is 0 Å². The molecule has 0 aliphatic carbocycles. The van der Waals surface area contributed by atoms with E-state index in [1.807, 2.05) is 30.3 Å². The van der Waals surface area contributed by atoms with Gasteiger partial charge < -0.3 is 10.1 Å². The van der Waals surface area contributed by atoms with Gasteiger partial charge in [0, 0.05) is 13.0 Å². The molecule has 1 aromatic rings. The average Bonchev–Trinajstić information content (AvgIpc) is 2.36. The topological polar surface area (TPSA) is 38.3 Å². The molecule has 0 spiro atoms. The molecule has 0 saturated carbocycles. The van der Waals surface area contributed by atoms with Gasteiger partial charge in [0.15, 0.2) is 0 Å². The quantitative estimate of drug-likeness (QED) is 0.775. The number of hydrogen-bond donors (Lipinski definition) is 1. The third-order valence-corrected chi connectivity index (χ3v) is 2.32. The number of hydrogen-bond acceptors (Lipinski definition) is 2. The maximum absolute atomic E-state index is 11.7. The summed E-state index contributed by atoms with van der Waals surface area (Å²) in [4.78, 5) is 11.4. The zero-order valence-electron chi connectivity index (χ0n) is 10.4. The van der Waals surface area contributed by atoms with Gasteiger partial charge in [-0.3, -0.25) is 4.79 Å². The normalized spacial score (nSPS) is 11.3. The Hall–Kier alpha value is -1.56. The Kier molecular flexibility index (Phi) is 6.35. The highest BCUT2D eigenvalue weighted by molar-refractivity contribution is 5.76. The highest BCUT2D eigenvalue weighted by Crippen LogP contribution is 2.13. The monoisotopic (exact) mass is 275 g/mol. The van der Waals surface area contributed by atoms with Crippen LogP contribution in [0.5, 0.6) is 0 Å². The molecule has 0 atom stereocenters. The first kappa shape index (κ1) is 15.5. The number of alkyl halides is 3. The van der Waals surface area contributed by atoms with Crippen molar-refractivity contribution < 1.29 is 22.7 Å². The average molecular weight is 275 g/mol. The molecular formula is C13H16F3NO2. The number of benzene rings is 1. The van der Waals surface area contributed by atoms with Crippen molar-refractivity contribution in [2.24, 2.45) is 0 Å². The summed E-state index contributed by atoms with van der Waals surface area (Å²) >= 11 is 0. The minimum absolute atomic E-state index is 0.0870. The van der Waals surface area contributed by atoms with Crippen LogP contribution in [0.4, 0.5) is 13.2 Å². The van der Waals surface area contributed by atoms with Crippen molar-refractivity contribution in [2.45, 2.75) is 19.0 Å². The Morgan fingerprint density at radius 2 is 1.89 bits per heavy atom. The van der Waals surface area contributed by atoms with Gasteiger partial charge in [0.1, 0.15) is 6.61 Å². The molecule has 0 saturated heterocycles. The lowest BCUT2D eigenvalue weighted by Gasteiger charge is -2.08. The molecule has 1 aromatic carbocycles. The molecule has 0 unspecified atom stereocenters. The van der Waals surface area contributed by atoms with Gasteiger partial charge in [0.25, 0.3) is 0 Å². The summed E-state index contributed by atoms with van der Waals surface area (Å²) < 4.78 is 39.6. The van der Waals surface area contributed by atoms with Crippen LogP contribution in [-0.2, 0) is 16.0 Å². The third-order valence-electron chi connectivity index (χ3n) is 2.32. The molecule has 0 radical (unpaired) electrons. The lowest BCUT2D eigenvalue weighted by Crippen LogP contribution is -2.29. The fourth-order valence-electron chi connectivity index (χ4n) is 1.44. The second-order valence-electron chi connectivity index (χ2n) is 4.00. The van der Waals surface area contributed by atoms with E-state index in [1.165, 1.54) is 0 Å².